The van der Waals surface area contributed by atoms with E-state index in [1.807, 2.05) is 28.7 Å². The summed E-state index contributed by atoms with van der Waals surface area (Å²) in [6, 6.07) is 10.0. The molecule has 1 heterocycles. The van der Waals surface area contributed by atoms with E-state index in [1.165, 1.54) is 6.20 Å². The second-order valence-corrected chi connectivity index (χ2v) is 4.90. The molecule has 1 aromatic carbocycles. The number of alkyl halides is 3. The molecule has 1 N–H and O–H groups in total. The molecule has 0 aliphatic rings. The average molecular weight is 428 g/mol. The van der Waals surface area contributed by atoms with E-state index in [-0.39, 0.29) is 0 Å². The summed E-state index contributed by atoms with van der Waals surface area (Å²) in [5, 5.41) is 2.94. The molecular formula is C12H8F3IN2O2S. The molecule has 0 spiro atoms. The average Bonchev–Trinajstić information content (AvgIpc) is 2.42. The molecule has 21 heavy (non-hydrogen) atoms. The number of halogens is 4. The van der Waals surface area contributed by atoms with Crippen LogP contribution >= 0.6 is 22.6 Å². The van der Waals surface area contributed by atoms with Crippen LogP contribution in [-0.4, -0.2) is 13.4 Å². The molecule has 0 aliphatic heterocycles. The van der Waals surface area contributed by atoms with Crippen LogP contribution in [-0.2, 0) is 17.7 Å². The van der Waals surface area contributed by atoms with Crippen molar-refractivity contribution in [2.75, 3.05) is 5.32 Å². The van der Waals surface area contributed by atoms with Crippen LogP contribution in [0.3, 0.4) is 0 Å². The highest BCUT2D eigenvalue weighted by molar-refractivity contribution is 14.1. The lowest BCUT2D eigenvalue weighted by molar-refractivity contribution is -0.141. The minimum Gasteiger partial charge on any atom is -0.355 e. The van der Waals surface area contributed by atoms with E-state index in [4.69, 9.17) is 8.42 Å². The van der Waals surface area contributed by atoms with Crippen LogP contribution in [0.25, 0.3) is 0 Å². The van der Waals surface area contributed by atoms with E-state index in [2.05, 4.69) is 10.3 Å². The fraction of sp³-hybridized carbons (Fsp3) is 0.0833. The number of aromatic nitrogens is 1. The molecule has 4 nitrogen and oxygen atoms in total. The minimum atomic E-state index is -4.43. The first kappa shape index (κ1) is 17.6. The molecule has 0 radical (unpaired) electrons. The van der Waals surface area contributed by atoms with Gasteiger partial charge in [-0.15, -0.1) is 0 Å². The molecule has 0 aliphatic carbocycles. The smallest absolute Gasteiger partial charge is 0.355 e. The number of pyridine rings is 1. The summed E-state index contributed by atoms with van der Waals surface area (Å²) < 4.78 is 54.8. The van der Waals surface area contributed by atoms with Gasteiger partial charge in [0, 0.05) is 11.9 Å². The zero-order valence-electron chi connectivity index (χ0n) is 10.2. The van der Waals surface area contributed by atoms with Crippen LogP contribution in [0, 0.1) is 3.57 Å². The number of rotatable bonds is 2. The molecule has 112 valence electrons. The van der Waals surface area contributed by atoms with Gasteiger partial charge in [0.05, 0.1) is 9.26 Å². The highest BCUT2D eigenvalue weighted by Crippen LogP contribution is 2.31. The molecule has 2 aromatic rings. The van der Waals surface area contributed by atoms with E-state index < -0.39 is 23.4 Å². The fourth-order valence-electron chi connectivity index (χ4n) is 1.37. The standard InChI is InChI=1S/C12H8F3IN2.O2S/c13-12(14,15)11-6-10(9(16)7-17-11)18-8-4-2-1-3-5-8;1-3-2/h1-7H,(H,17,18);. The van der Waals surface area contributed by atoms with Crippen molar-refractivity contribution in [3.05, 3.63) is 51.9 Å². The van der Waals surface area contributed by atoms with Gasteiger partial charge >= 0.3 is 17.7 Å². The van der Waals surface area contributed by atoms with Crippen LogP contribution in [0.5, 0.6) is 0 Å². The van der Waals surface area contributed by atoms with Crippen molar-refractivity contribution in [1.82, 2.24) is 4.98 Å². The van der Waals surface area contributed by atoms with Crippen LogP contribution < -0.4 is 5.32 Å². The maximum absolute atomic E-state index is 12.5. The van der Waals surface area contributed by atoms with E-state index in [0.29, 0.717) is 9.26 Å². The van der Waals surface area contributed by atoms with E-state index in [0.717, 1.165) is 11.8 Å². The Kier molecular flexibility index (Phi) is 6.75. The predicted molar refractivity (Wildman–Crippen MR) is 80.6 cm³/mol. The van der Waals surface area contributed by atoms with Gasteiger partial charge in [-0.25, -0.2) is 0 Å². The lowest BCUT2D eigenvalue weighted by Gasteiger charge is -2.11. The van der Waals surface area contributed by atoms with E-state index in [1.54, 1.807) is 24.3 Å². The van der Waals surface area contributed by atoms with E-state index >= 15 is 0 Å². The number of benzene rings is 1. The lowest BCUT2D eigenvalue weighted by atomic mass is 10.2. The number of anilines is 2. The van der Waals surface area contributed by atoms with Crippen molar-refractivity contribution in [1.29, 1.82) is 0 Å². The second-order valence-electron chi connectivity index (χ2n) is 3.61. The van der Waals surface area contributed by atoms with Crippen molar-refractivity contribution in [3.8, 4) is 0 Å². The number of nitrogens with one attached hydrogen (secondary N) is 1. The number of hydrogen-bond donors (Lipinski definition) is 1. The lowest BCUT2D eigenvalue weighted by Crippen LogP contribution is -2.09. The Labute approximate surface area is 135 Å². The fourth-order valence-corrected chi connectivity index (χ4v) is 1.80. The molecule has 0 unspecified atom stereocenters. The van der Waals surface area contributed by atoms with Gasteiger partial charge in [0.2, 0.25) is 0 Å². The Balaban J connectivity index is 0.000000677. The first-order valence-electron chi connectivity index (χ1n) is 5.35. The summed E-state index contributed by atoms with van der Waals surface area (Å²) >= 11 is 1.19. The normalized spacial score (nSPS) is 10.3. The van der Waals surface area contributed by atoms with Crippen LogP contribution in [0.2, 0.25) is 0 Å². The molecule has 0 fully saturated rings. The molecule has 1 aromatic heterocycles. The summed E-state index contributed by atoms with van der Waals surface area (Å²) in [5.74, 6) is 0. The Morgan fingerprint density at radius 3 is 2.24 bits per heavy atom. The third kappa shape index (κ3) is 5.79. The van der Waals surface area contributed by atoms with Gasteiger partial charge in [0.15, 0.2) is 0 Å². The largest absolute Gasteiger partial charge is 0.433 e. The van der Waals surface area contributed by atoms with Crippen molar-refractivity contribution < 1.29 is 21.6 Å². The summed E-state index contributed by atoms with van der Waals surface area (Å²) in [7, 11) is 0. The maximum Gasteiger partial charge on any atom is 0.433 e. The van der Waals surface area contributed by atoms with Gasteiger partial charge in [0.1, 0.15) is 5.69 Å². The first-order valence-corrected chi connectivity index (χ1v) is 7.09. The monoisotopic (exact) mass is 428 g/mol. The second kappa shape index (κ2) is 8.08. The van der Waals surface area contributed by atoms with Gasteiger partial charge in [0.25, 0.3) is 0 Å². The Bertz CT molecular complexity index is 632. The first-order chi connectivity index (χ1) is 9.88. The molecular weight excluding hydrogens is 420 g/mol. The third-order valence-corrected chi connectivity index (χ3v) is 3.06. The summed E-state index contributed by atoms with van der Waals surface area (Å²) in [6.07, 6.45) is -3.23. The van der Waals surface area contributed by atoms with Gasteiger partial charge in [-0.3, -0.25) is 4.98 Å². The SMILES string of the molecule is FC(F)(F)c1cc(Nc2ccccc2)c(I)cn1.O=S=O. The molecule has 2 rings (SSSR count). The number of hydrogen-bond acceptors (Lipinski definition) is 4. The minimum absolute atomic E-state index is 0.393. The topological polar surface area (TPSA) is 59.1 Å². The Morgan fingerprint density at radius 2 is 1.71 bits per heavy atom. The number of para-hydroxylation sites is 1. The number of nitrogens with zero attached hydrogens (tertiary/aromatic N) is 1. The molecule has 9 heteroatoms. The zero-order chi connectivity index (χ0) is 15.9. The Morgan fingerprint density at radius 1 is 1.14 bits per heavy atom. The van der Waals surface area contributed by atoms with Gasteiger partial charge < -0.3 is 5.32 Å². The van der Waals surface area contributed by atoms with E-state index in [9.17, 15) is 13.2 Å². The van der Waals surface area contributed by atoms with Crippen molar-refractivity contribution in [2.45, 2.75) is 6.18 Å². The zero-order valence-corrected chi connectivity index (χ0v) is 13.2. The van der Waals surface area contributed by atoms with Gasteiger partial charge in [-0.2, -0.15) is 21.6 Å². The molecule has 0 saturated heterocycles. The molecule has 0 saturated carbocycles. The summed E-state index contributed by atoms with van der Waals surface area (Å²) in [5.41, 5.74) is 0.222. The molecule has 0 amide bonds. The van der Waals surface area contributed by atoms with Crippen LogP contribution in [0.1, 0.15) is 5.69 Å². The van der Waals surface area contributed by atoms with Gasteiger partial charge in [-0.1, -0.05) is 18.2 Å². The van der Waals surface area contributed by atoms with Crippen LogP contribution in [0.15, 0.2) is 42.6 Å². The third-order valence-electron chi connectivity index (χ3n) is 2.20. The Hall–Kier alpha value is -1.49. The highest BCUT2D eigenvalue weighted by atomic mass is 127. The highest BCUT2D eigenvalue weighted by Gasteiger charge is 2.32. The van der Waals surface area contributed by atoms with Crippen molar-refractivity contribution in [2.24, 2.45) is 0 Å². The van der Waals surface area contributed by atoms with Gasteiger partial charge in [-0.05, 0) is 40.8 Å². The van der Waals surface area contributed by atoms with Crippen LogP contribution in [0.4, 0.5) is 24.5 Å². The summed E-state index contributed by atoms with van der Waals surface area (Å²) in [6.45, 7) is 0. The van der Waals surface area contributed by atoms with Crippen molar-refractivity contribution >= 4 is 45.5 Å². The maximum atomic E-state index is 12.5. The molecule has 0 bridgehead atoms. The van der Waals surface area contributed by atoms with Crippen molar-refractivity contribution in [3.63, 3.8) is 0 Å². The molecule has 0 atom stereocenters. The summed E-state index contributed by atoms with van der Waals surface area (Å²) in [4.78, 5) is 3.38. The predicted octanol–water partition coefficient (Wildman–Crippen LogP) is 3.78. The quantitative estimate of drug-likeness (QED) is 0.741.